The summed E-state index contributed by atoms with van der Waals surface area (Å²) in [6, 6.07) is 5.57. The molecule has 8 heteroatoms. The van der Waals surface area contributed by atoms with E-state index in [0.717, 1.165) is 0 Å². The van der Waals surface area contributed by atoms with Gasteiger partial charge in [0.1, 0.15) is 30.0 Å². The Morgan fingerprint density at radius 1 is 1.24 bits per heavy atom. The predicted octanol–water partition coefficient (Wildman–Crippen LogP) is 2.69. The summed E-state index contributed by atoms with van der Waals surface area (Å²) >= 11 is 6.10. The lowest BCUT2D eigenvalue weighted by Crippen LogP contribution is -2.16. The number of rotatable bonds is 3. The number of ether oxygens (including phenoxy) is 2. The van der Waals surface area contributed by atoms with Gasteiger partial charge in [-0.1, -0.05) is 11.6 Å². The van der Waals surface area contributed by atoms with Gasteiger partial charge in [-0.15, -0.1) is 0 Å². The molecule has 7 nitrogen and oxygen atoms in total. The zero-order valence-electron chi connectivity index (χ0n) is 10.6. The number of benzene rings is 1. The lowest BCUT2D eigenvalue weighted by Gasteiger charge is -2.20. The number of halogens is 1. The quantitative estimate of drug-likeness (QED) is 0.691. The van der Waals surface area contributed by atoms with Crippen molar-refractivity contribution in [3.8, 4) is 11.5 Å². The lowest BCUT2D eigenvalue weighted by atomic mass is 10.1. The van der Waals surface area contributed by atoms with E-state index in [2.05, 4.69) is 0 Å². The van der Waals surface area contributed by atoms with Gasteiger partial charge in [0.15, 0.2) is 11.5 Å². The Morgan fingerprint density at radius 2 is 1.90 bits per heavy atom. The third-order valence-corrected chi connectivity index (χ3v) is 3.35. The van der Waals surface area contributed by atoms with E-state index in [0.29, 0.717) is 30.3 Å². The highest BCUT2D eigenvalue weighted by molar-refractivity contribution is 6.31. The van der Waals surface area contributed by atoms with Gasteiger partial charge in [0.05, 0.1) is 11.1 Å². The fourth-order valence-corrected chi connectivity index (χ4v) is 2.29. The first-order chi connectivity index (χ1) is 10.1. The molecule has 3 rings (SSSR count). The molecule has 2 aromatic rings. The largest absolute Gasteiger partial charge is 0.486 e. The van der Waals surface area contributed by atoms with Crippen LogP contribution in [0.15, 0.2) is 28.7 Å². The molecule has 110 valence electrons. The van der Waals surface area contributed by atoms with E-state index in [9.17, 15) is 15.2 Å². The molecule has 0 amide bonds. The molecule has 1 aliphatic rings. The van der Waals surface area contributed by atoms with Crippen LogP contribution in [0.3, 0.4) is 0 Å². The summed E-state index contributed by atoms with van der Waals surface area (Å²) in [6.45, 7) is 0.825. The second-order valence-electron chi connectivity index (χ2n) is 4.35. The number of aliphatic hydroxyl groups is 1. The maximum Gasteiger partial charge on any atom is 0.433 e. The van der Waals surface area contributed by atoms with Crippen molar-refractivity contribution in [2.75, 3.05) is 13.2 Å². The van der Waals surface area contributed by atoms with Crippen molar-refractivity contribution in [3.63, 3.8) is 0 Å². The van der Waals surface area contributed by atoms with E-state index in [-0.39, 0.29) is 10.8 Å². The molecule has 0 aliphatic carbocycles. The highest BCUT2D eigenvalue weighted by atomic mass is 35.5. The molecule has 2 heterocycles. The maximum absolute atomic E-state index is 10.6. The molecule has 1 aromatic heterocycles. The number of furan rings is 1. The van der Waals surface area contributed by atoms with Crippen LogP contribution in [0.4, 0.5) is 5.88 Å². The van der Waals surface area contributed by atoms with Gasteiger partial charge in [-0.2, -0.15) is 0 Å². The van der Waals surface area contributed by atoms with E-state index in [1.165, 1.54) is 24.3 Å². The third-order valence-electron chi connectivity index (χ3n) is 3.02. The van der Waals surface area contributed by atoms with Crippen LogP contribution in [0.5, 0.6) is 11.5 Å². The zero-order chi connectivity index (χ0) is 15.0. The normalized spacial score (nSPS) is 14.8. The number of hydrogen-bond acceptors (Lipinski definition) is 6. The van der Waals surface area contributed by atoms with E-state index in [1.54, 1.807) is 0 Å². The Bertz CT molecular complexity index is 698. The summed E-state index contributed by atoms with van der Waals surface area (Å²) in [5.74, 6) is 0.534. The molecule has 1 N–H and O–H groups in total. The number of fused-ring (bicyclic) bond motifs is 1. The summed E-state index contributed by atoms with van der Waals surface area (Å²) in [4.78, 5) is 9.92. The topological polar surface area (TPSA) is 95.0 Å². The summed E-state index contributed by atoms with van der Waals surface area (Å²) in [5, 5.41) is 21.1. The number of nitrogens with zero attached hydrogens (tertiary/aromatic N) is 1. The smallest absolute Gasteiger partial charge is 0.433 e. The van der Waals surface area contributed by atoms with E-state index >= 15 is 0 Å². The van der Waals surface area contributed by atoms with Crippen molar-refractivity contribution in [2.45, 2.75) is 6.10 Å². The van der Waals surface area contributed by atoms with Gasteiger partial charge in [0, 0.05) is 11.6 Å². The first kappa shape index (κ1) is 13.7. The fraction of sp³-hybridized carbons (Fsp3) is 0.231. The van der Waals surface area contributed by atoms with Crippen molar-refractivity contribution in [2.24, 2.45) is 0 Å². The minimum atomic E-state index is -1.23. The monoisotopic (exact) mass is 311 g/mol. The van der Waals surface area contributed by atoms with Crippen LogP contribution in [0.25, 0.3) is 0 Å². The second-order valence-corrected chi connectivity index (χ2v) is 4.76. The van der Waals surface area contributed by atoms with Crippen LogP contribution in [0.2, 0.25) is 5.02 Å². The Balaban J connectivity index is 1.96. The Kier molecular flexibility index (Phi) is 3.44. The number of hydrogen-bond donors (Lipinski definition) is 1. The lowest BCUT2D eigenvalue weighted by molar-refractivity contribution is -0.402. The zero-order valence-corrected chi connectivity index (χ0v) is 11.4. The molecule has 1 unspecified atom stereocenters. The number of nitro groups is 1. The van der Waals surface area contributed by atoms with Crippen LogP contribution in [0.1, 0.15) is 17.4 Å². The summed E-state index contributed by atoms with van der Waals surface area (Å²) in [6.07, 6.45) is -1.23. The average molecular weight is 312 g/mol. The predicted molar refractivity (Wildman–Crippen MR) is 71.9 cm³/mol. The highest BCUT2D eigenvalue weighted by Crippen LogP contribution is 2.39. The Morgan fingerprint density at radius 3 is 2.52 bits per heavy atom. The van der Waals surface area contributed by atoms with E-state index in [4.69, 9.17) is 25.5 Å². The van der Waals surface area contributed by atoms with Crippen LogP contribution in [-0.4, -0.2) is 23.2 Å². The van der Waals surface area contributed by atoms with Crippen LogP contribution < -0.4 is 9.47 Å². The molecule has 0 spiro atoms. The summed E-state index contributed by atoms with van der Waals surface area (Å²) in [5.41, 5.74) is 0.324. The molecular formula is C13H10ClNO6. The van der Waals surface area contributed by atoms with Gasteiger partial charge in [0.25, 0.3) is 0 Å². The van der Waals surface area contributed by atoms with Gasteiger partial charge >= 0.3 is 5.88 Å². The molecule has 1 aliphatic heterocycles. The molecule has 0 saturated carbocycles. The molecule has 1 atom stereocenters. The molecule has 1 aromatic carbocycles. The molecule has 0 radical (unpaired) electrons. The van der Waals surface area contributed by atoms with Crippen molar-refractivity contribution < 1.29 is 23.9 Å². The van der Waals surface area contributed by atoms with Crippen molar-refractivity contribution >= 4 is 17.5 Å². The van der Waals surface area contributed by atoms with Crippen molar-refractivity contribution in [3.05, 3.63) is 50.7 Å². The minimum absolute atomic E-state index is 0.0280. The van der Waals surface area contributed by atoms with Crippen LogP contribution in [-0.2, 0) is 0 Å². The Hall–Kier alpha value is -2.25. The van der Waals surface area contributed by atoms with Gasteiger partial charge in [-0.25, -0.2) is 0 Å². The summed E-state index contributed by atoms with van der Waals surface area (Å²) < 4.78 is 15.8. The van der Waals surface area contributed by atoms with Gasteiger partial charge < -0.3 is 19.0 Å². The third kappa shape index (κ3) is 2.53. The molecular weight excluding hydrogens is 302 g/mol. The maximum atomic E-state index is 10.6. The van der Waals surface area contributed by atoms with Crippen molar-refractivity contribution in [1.29, 1.82) is 0 Å². The van der Waals surface area contributed by atoms with Gasteiger partial charge in [-0.3, -0.25) is 10.1 Å². The molecule has 0 saturated heterocycles. The van der Waals surface area contributed by atoms with Crippen LogP contribution in [0, 0.1) is 10.1 Å². The summed E-state index contributed by atoms with van der Waals surface area (Å²) in [7, 11) is 0. The van der Waals surface area contributed by atoms with Crippen molar-refractivity contribution in [1.82, 2.24) is 0 Å². The van der Waals surface area contributed by atoms with E-state index in [1.807, 2.05) is 0 Å². The first-order valence-corrected chi connectivity index (χ1v) is 6.45. The first-order valence-electron chi connectivity index (χ1n) is 6.07. The van der Waals surface area contributed by atoms with Crippen LogP contribution >= 0.6 is 11.6 Å². The Labute approximate surface area is 123 Å². The molecule has 0 fully saturated rings. The second kappa shape index (κ2) is 5.27. The highest BCUT2D eigenvalue weighted by Gasteiger charge is 2.24. The van der Waals surface area contributed by atoms with Gasteiger partial charge in [0.2, 0.25) is 0 Å². The van der Waals surface area contributed by atoms with E-state index < -0.39 is 16.9 Å². The minimum Gasteiger partial charge on any atom is -0.486 e. The molecule has 21 heavy (non-hydrogen) atoms. The fourth-order valence-electron chi connectivity index (χ4n) is 2.03. The van der Waals surface area contributed by atoms with Gasteiger partial charge in [-0.05, 0) is 12.1 Å². The number of aliphatic hydroxyl groups excluding tert-OH is 1. The molecule has 0 bridgehead atoms. The SMILES string of the molecule is O=[N+]([O-])c1ccc(C(O)c2cc3c(cc2Cl)OCCO3)o1. The standard InChI is InChI=1S/C13H10ClNO6/c14-8-6-11-10(19-3-4-20-11)5-7(8)13(16)9-1-2-12(21-9)15(17)18/h1-2,5-6,13,16H,3-4H2. The average Bonchev–Trinajstić information content (AvgIpc) is 2.96.